The van der Waals surface area contributed by atoms with Gasteiger partial charge in [0, 0.05) is 37.9 Å². The minimum Gasteiger partial charge on any atom is -0.378 e. The van der Waals surface area contributed by atoms with Gasteiger partial charge in [0.25, 0.3) is 0 Å². The second kappa shape index (κ2) is 12.3. The average molecular weight is 424 g/mol. The van der Waals surface area contributed by atoms with E-state index in [1.165, 1.54) is 11.1 Å². The van der Waals surface area contributed by atoms with Crippen LogP contribution in [0.5, 0.6) is 0 Å². The summed E-state index contributed by atoms with van der Waals surface area (Å²) in [6.45, 7) is 12.2. The van der Waals surface area contributed by atoms with Gasteiger partial charge in [0.15, 0.2) is 5.96 Å². The third-order valence-corrected chi connectivity index (χ3v) is 5.51. The Morgan fingerprint density at radius 3 is 2.61 bits per heavy atom. The number of ether oxygens (including phenoxy) is 1. The summed E-state index contributed by atoms with van der Waals surface area (Å²) in [7, 11) is 0. The zero-order valence-electron chi connectivity index (χ0n) is 19.2. The van der Waals surface area contributed by atoms with E-state index in [9.17, 15) is 0 Å². The van der Waals surface area contributed by atoms with Crippen molar-refractivity contribution < 1.29 is 4.74 Å². The number of nitrogens with one attached hydrogen (secondary N) is 2. The summed E-state index contributed by atoms with van der Waals surface area (Å²) in [5.41, 5.74) is 3.93. The fourth-order valence-corrected chi connectivity index (χ4v) is 3.69. The summed E-state index contributed by atoms with van der Waals surface area (Å²) in [4.78, 5) is 11.7. The van der Waals surface area contributed by atoms with E-state index in [1.807, 2.05) is 12.3 Å². The van der Waals surface area contributed by atoms with Crippen molar-refractivity contribution in [1.82, 2.24) is 15.6 Å². The Morgan fingerprint density at radius 2 is 1.90 bits per heavy atom. The highest BCUT2D eigenvalue weighted by Gasteiger charge is 2.15. The fraction of sp³-hybridized carbons (Fsp3) is 0.520. The van der Waals surface area contributed by atoms with E-state index in [1.54, 1.807) is 0 Å². The highest BCUT2D eigenvalue weighted by atomic mass is 16.5. The molecule has 168 valence electrons. The Hall–Kier alpha value is -2.60. The Bertz CT molecular complexity index is 813. The van der Waals surface area contributed by atoms with Crippen molar-refractivity contribution in [2.24, 2.45) is 4.99 Å². The molecular weight excluding hydrogens is 386 g/mol. The summed E-state index contributed by atoms with van der Waals surface area (Å²) >= 11 is 0. The number of benzene rings is 1. The van der Waals surface area contributed by atoms with Gasteiger partial charge in [-0.05, 0) is 42.9 Å². The first-order valence-electron chi connectivity index (χ1n) is 11.5. The molecule has 1 aromatic carbocycles. The number of pyridine rings is 1. The molecule has 1 aliphatic rings. The number of anilines is 1. The van der Waals surface area contributed by atoms with Gasteiger partial charge < -0.3 is 20.3 Å². The van der Waals surface area contributed by atoms with Gasteiger partial charge in [0.05, 0.1) is 19.8 Å². The summed E-state index contributed by atoms with van der Waals surface area (Å²) in [6, 6.07) is 13.1. The van der Waals surface area contributed by atoms with Crippen LogP contribution in [0.25, 0.3) is 0 Å². The molecule has 6 nitrogen and oxygen atoms in total. The van der Waals surface area contributed by atoms with E-state index < -0.39 is 0 Å². The predicted molar refractivity (Wildman–Crippen MR) is 129 cm³/mol. The average Bonchev–Trinajstić information content (AvgIpc) is 2.81. The highest BCUT2D eigenvalue weighted by molar-refractivity contribution is 5.79. The quantitative estimate of drug-likeness (QED) is 0.366. The highest BCUT2D eigenvalue weighted by Crippen LogP contribution is 2.19. The summed E-state index contributed by atoms with van der Waals surface area (Å²) in [5, 5.41) is 6.83. The molecule has 1 aliphatic heterocycles. The topological polar surface area (TPSA) is 61.8 Å². The van der Waals surface area contributed by atoms with E-state index in [0.29, 0.717) is 12.5 Å². The molecule has 0 aliphatic carbocycles. The lowest BCUT2D eigenvalue weighted by Crippen LogP contribution is -2.38. The minimum absolute atomic E-state index is 0.582. The van der Waals surface area contributed by atoms with E-state index >= 15 is 0 Å². The van der Waals surface area contributed by atoms with Crippen molar-refractivity contribution in [1.29, 1.82) is 0 Å². The number of hydrogen-bond acceptors (Lipinski definition) is 4. The molecule has 0 unspecified atom stereocenters. The van der Waals surface area contributed by atoms with E-state index in [4.69, 9.17) is 9.73 Å². The first-order valence-corrected chi connectivity index (χ1v) is 11.5. The Kier molecular flexibility index (Phi) is 9.16. The van der Waals surface area contributed by atoms with Gasteiger partial charge >= 0.3 is 0 Å². The molecule has 6 heteroatoms. The number of morpholine rings is 1. The van der Waals surface area contributed by atoms with Gasteiger partial charge in [0.1, 0.15) is 5.82 Å². The van der Waals surface area contributed by atoms with Gasteiger partial charge in [-0.15, -0.1) is 0 Å². The molecule has 0 saturated carbocycles. The molecule has 1 saturated heterocycles. The molecule has 0 bridgehead atoms. The lowest BCUT2D eigenvalue weighted by molar-refractivity contribution is 0.122. The predicted octanol–water partition coefficient (Wildman–Crippen LogP) is 3.73. The smallest absolute Gasteiger partial charge is 0.191 e. The van der Waals surface area contributed by atoms with Crippen molar-refractivity contribution in [3.63, 3.8) is 0 Å². The Balaban J connectivity index is 1.52. The maximum absolute atomic E-state index is 5.48. The van der Waals surface area contributed by atoms with Crippen LogP contribution in [0, 0.1) is 0 Å². The van der Waals surface area contributed by atoms with Crippen LogP contribution in [0.2, 0.25) is 0 Å². The van der Waals surface area contributed by atoms with Crippen molar-refractivity contribution in [3.05, 3.63) is 59.3 Å². The molecule has 0 amide bonds. The number of rotatable bonds is 9. The normalized spacial score (nSPS) is 14.7. The number of guanidine groups is 1. The molecule has 1 aromatic heterocycles. The van der Waals surface area contributed by atoms with Crippen LogP contribution in [0.15, 0.2) is 47.6 Å². The zero-order chi connectivity index (χ0) is 21.9. The molecule has 0 radical (unpaired) electrons. The number of nitrogens with zero attached hydrogens (tertiary/aromatic N) is 3. The Morgan fingerprint density at radius 1 is 1.13 bits per heavy atom. The van der Waals surface area contributed by atoms with Crippen molar-refractivity contribution in [2.75, 3.05) is 44.3 Å². The molecule has 31 heavy (non-hydrogen) atoms. The summed E-state index contributed by atoms with van der Waals surface area (Å²) in [5.74, 6) is 2.46. The molecule has 2 N–H and O–H groups in total. The van der Waals surface area contributed by atoms with Gasteiger partial charge in [-0.25, -0.2) is 9.98 Å². The van der Waals surface area contributed by atoms with Gasteiger partial charge in [0.2, 0.25) is 0 Å². The van der Waals surface area contributed by atoms with Gasteiger partial charge in [-0.3, -0.25) is 0 Å². The first kappa shape index (κ1) is 23.1. The number of hydrogen-bond donors (Lipinski definition) is 2. The van der Waals surface area contributed by atoms with Gasteiger partial charge in [-0.2, -0.15) is 0 Å². The SMILES string of the molecule is CCNC(=NCc1cccnc1N1CCOCC1)NCCCc1ccc(C(C)C)cc1. The van der Waals surface area contributed by atoms with Crippen LogP contribution in [0.1, 0.15) is 49.8 Å². The monoisotopic (exact) mass is 423 g/mol. The maximum atomic E-state index is 5.48. The molecule has 0 atom stereocenters. The van der Waals surface area contributed by atoms with Crippen LogP contribution >= 0.6 is 0 Å². The summed E-state index contributed by atoms with van der Waals surface area (Å²) in [6.07, 6.45) is 3.99. The van der Waals surface area contributed by atoms with E-state index in [0.717, 1.165) is 69.6 Å². The maximum Gasteiger partial charge on any atom is 0.191 e. The van der Waals surface area contributed by atoms with Crippen molar-refractivity contribution in [2.45, 2.75) is 46.1 Å². The van der Waals surface area contributed by atoms with Crippen molar-refractivity contribution in [3.8, 4) is 0 Å². The number of aryl methyl sites for hydroxylation is 1. The first-order chi connectivity index (χ1) is 15.2. The van der Waals surface area contributed by atoms with Crippen LogP contribution in [-0.2, 0) is 17.7 Å². The van der Waals surface area contributed by atoms with Crippen LogP contribution in [-0.4, -0.2) is 50.3 Å². The Labute approximate surface area is 187 Å². The van der Waals surface area contributed by atoms with Gasteiger partial charge in [-0.1, -0.05) is 44.2 Å². The van der Waals surface area contributed by atoms with E-state index in [2.05, 4.69) is 71.6 Å². The second-order valence-electron chi connectivity index (χ2n) is 8.21. The van der Waals surface area contributed by atoms with Crippen LogP contribution in [0.4, 0.5) is 5.82 Å². The lowest BCUT2D eigenvalue weighted by atomic mass is 10.0. The fourth-order valence-electron chi connectivity index (χ4n) is 3.69. The van der Waals surface area contributed by atoms with E-state index in [-0.39, 0.29) is 0 Å². The molecule has 0 spiro atoms. The second-order valence-corrected chi connectivity index (χ2v) is 8.21. The summed E-state index contributed by atoms with van der Waals surface area (Å²) < 4.78 is 5.48. The van der Waals surface area contributed by atoms with Crippen molar-refractivity contribution >= 4 is 11.8 Å². The largest absolute Gasteiger partial charge is 0.378 e. The number of aromatic nitrogens is 1. The molecule has 2 heterocycles. The third kappa shape index (κ3) is 7.24. The molecule has 1 fully saturated rings. The molecule has 2 aromatic rings. The third-order valence-electron chi connectivity index (χ3n) is 5.51. The molecular formula is C25H37N5O. The molecule has 3 rings (SSSR count). The van der Waals surface area contributed by atoms with Crippen LogP contribution < -0.4 is 15.5 Å². The van der Waals surface area contributed by atoms with Crippen LogP contribution in [0.3, 0.4) is 0 Å². The lowest BCUT2D eigenvalue weighted by Gasteiger charge is -2.29. The standard InChI is InChI=1S/C25H37N5O/c1-4-26-25(28-14-5-7-21-9-11-22(12-10-21)20(2)3)29-19-23-8-6-13-27-24(23)30-15-17-31-18-16-30/h6,8-13,20H,4-5,7,14-19H2,1-3H3,(H2,26,28,29). The minimum atomic E-state index is 0.582. The number of aliphatic imine (C=N–C) groups is 1. The zero-order valence-corrected chi connectivity index (χ0v) is 19.2.